The number of imidazole rings is 1. The molecule has 21 heavy (non-hydrogen) atoms. The fourth-order valence-corrected chi connectivity index (χ4v) is 2.59. The number of hydrogen-bond donors (Lipinski definition) is 1. The summed E-state index contributed by atoms with van der Waals surface area (Å²) in [4.78, 5) is 4.66. The molecule has 3 aromatic rings. The molecule has 1 unspecified atom stereocenters. The summed E-state index contributed by atoms with van der Waals surface area (Å²) in [7, 11) is 0. The number of hydrogen-bond acceptors (Lipinski definition) is 2. The van der Waals surface area contributed by atoms with Gasteiger partial charge in [0, 0.05) is 11.8 Å². The maximum absolute atomic E-state index is 6.26. The summed E-state index contributed by atoms with van der Waals surface area (Å²) < 4.78 is 1.95. The molecule has 2 N–H and O–H groups in total. The van der Waals surface area contributed by atoms with E-state index >= 15 is 0 Å². The fraction of sp³-hybridized carbons (Fsp3) is 0.278. The van der Waals surface area contributed by atoms with Crippen LogP contribution >= 0.6 is 0 Å². The highest BCUT2D eigenvalue weighted by molar-refractivity contribution is 5.75. The Hall–Kier alpha value is -2.29. The topological polar surface area (TPSA) is 43.3 Å². The lowest BCUT2D eigenvalue weighted by Crippen LogP contribution is -1.95. The molecular formula is C18H21N3. The van der Waals surface area contributed by atoms with Gasteiger partial charge >= 0.3 is 0 Å². The molecule has 3 rings (SSSR count). The highest BCUT2D eigenvalue weighted by atomic mass is 15.1. The minimum Gasteiger partial charge on any atom is -0.383 e. The van der Waals surface area contributed by atoms with Gasteiger partial charge in [-0.05, 0) is 36.5 Å². The summed E-state index contributed by atoms with van der Waals surface area (Å²) in [6.45, 7) is 6.51. The molecule has 0 amide bonds. The lowest BCUT2D eigenvalue weighted by atomic mass is 9.97. The van der Waals surface area contributed by atoms with E-state index in [0.29, 0.717) is 11.7 Å². The number of benzene rings is 1. The van der Waals surface area contributed by atoms with Gasteiger partial charge in [0.1, 0.15) is 17.2 Å². The molecule has 108 valence electrons. The predicted octanol–water partition coefficient (Wildman–Crippen LogP) is 4.41. The van der Waals surface area contributed by atoms with Crippen LogP contribution in [0.4, 0.5) is 5.82 Å². The Balaban J connectivity index is 2.06. The highest BCUT2D eigenvalue weighted by Crippen LogP contribution is 2.28. The molecule has 1 atom stereocenters. The van der Waals surface area contributed by atoms with Gasteiger partial charge < -0.3 is 5.73 Å². The van der Waals surface area contributed by atoms with Crippen LogP contribution in [0, 0.1) is 6.92 Å². The SMILES string of the molecule is CCC(C)c1ccc(-c2nc3ccc(C)cn3c2N)cc1. The number of aryl methyl sites for hydroxylation is 1. The third kappa shape index (κ3) is 2.40. The smallest absolute Gasteiger partial charge is 0.139 e. The molecule has 0 bridgehead atoms. The van der Waals surface area contributed by atoms with Crippen molar-refractivity contribution >= 4 is 11.5 Å². The van der Waals surface area contributed by atoms with Crippen LogP contribution in [0.3, 0.4) is 0 Å². The molecule has 0 saturated carbocycles. The molecule has 0 aliphatic rings. The maximum atomic E-state index is 6.26. The van der Waals surface area contributed by atoms with Crippen molar-refractivity contribution in [1.82, 2.24) is 9.38 Å². The third-order valence-electron chi connectivity index (χ3n) is 4.17. The van der Waals surface area contributed by atoms with E-state index in [9.17, 15) is 0 Å². The molecular weight excluding hydrogens is 258 g/mol. The average molecular weight is 279 g/mol. The summed E-state index contributed by atoms with van der Waals surface area (Å²) in [6.07, 6.45) is 3.17. The monoisotopic (exact) mass is 279 g/mol. The molecule has 3 nitrogen and oxygen atoms in total. The van der Waals surface area contributed by atoms with E-state index in [0.717, 1.165) is 23.3 Å². The Labute approximate surface area is 125 Å². The molecule has 0 saturated heterocycles. The lowest BCUT2D eigenvalue weighted by Gasteiger charge is -2.09. The van der Waals surface area contributed by atoms with Gasteiger partial charge in [-0.15, -0.1) is 0 Å². The summed E-state index contributed by atoms with van der Waals surface area (Å²) in [5, 5.41) is 0. The van der Waals surface area contributed by atoms with E-state index in [1.54, 1.807) is 0 Å². The van der Waals surface area contributed by atoms with Gasteiger partial charge in [-0.25, -0.2) is 4.98 Å². The van der Waals surface area contributed by atoms with E-state index in [2.05, 4.69) is 56.1 Å². The van der Waals surface area contributed by atoms with E-state index in [4.69, 9.17) is 5.73 Å². The van der Waals surface area contributed by atoms with Crippen molar-refractivity contribution in [2.24, 2.45) is 0 Å². The van der Waals surface area contributed by atoms with Crippen molar-refractivity contribution in [1.29, 1.82) is 0 Å². The molecule has 0 aliphatic heterocycles. The van der Waals surface area contributed by atoms with Crippen molar-refractivity contribution in [3.05, 3.63) is 53.7 Å². The second-order valence-electron chi connectivity index (χ2n) is 5.71. The van der Waals surface area contributed by atoms with Crippen molar-refractivity contribution in [2.75, 3.05) is 5.73 Å². The Morgan fingerprint density at radius 3 is 2.52 bits per heavy atom. The molecule has 0 fully saturated rings. The van der Waals surface area contributed by atoms with Crippen LogP contribution in [0.5, 0.6) is 0 Å². The first-order chi connectivity index (χ1) is 10.1. The van der Waals surface area contributed by atoms with Crippen LogP contribution < -0.4 is 5.73 Å². The first-order valence-electron chi connectivity index (χ1n) is 7.44. The van der Waals surface area contributed by atoms with E-state index < -0.39 is 0 Å². The van der Waals surface area contributed by atoms with E-state index in [1.807, 2.05) is 16.7 Å². The normalized spacial score (nSPS) is 12.7. The number of rotatable bonds is 3. The van der Waals surface area contributed by atoms with Crippen LogP contribution in [-0.4, -0.2) is 9.38 Å². The zero-order chi connectivity index (χ0) is 15.0. The summed E-state index contributed by atoms with van der Waals surface area (Å²) in [5.41, 5.74) is 11.6. The van der Waals surface area contributed by atoms with Crippen LogP contribution in [0.25, 0.3) is 16.9 Å². The minimum atomic E-state index is 0.583. The Morgan fingerprint density at radius 1 is 1.14 bits per heavy atom. The fourth-order valence-electron chi connectivity index (χ4n) is 2.59. The molecule has 3 heteroatoms. The average Bonchev–Trinajstić information content (AvgIpc) is 2.83. The van der Waals surface area contributed by atoms with Gasteiger partial charge in [0.2, 0.25) is 0 Å². The van der Waals surface area contributed by atoms with Crippen molar-refractivity contribution in [3.8, 4) is 11.3 Å². The van der Waals surface area contributed by atoms with E-state index in [1.165, 1.54) is 11.1 Å². The quantitative estimate of drug-likeness (QED) is 0.772. The summed E-state index contributed by atoms with van der Waals surface area (Å²) >= 11 is 0. The number of anilines is 1. The number of pyridine rings is 1. The highest BCUT2D eigenvalue weighted by Gasteiger charge is 2.12. The van der Waals surface area contributed by atoms with Crippen LogP contribution in [0.1, 0.15) is 37.3 Å². The van der Waals surface area contributed by atoms with Gasteiger partial charge in [0.05, 0.1) is 0 Å². The molecule has 2 aromatic heterocycles. The Kier molecular flexibility index (Phi) is 3.42. The van der Waals surface area contributed by atoms with Crippen molar-refractivity contribution < 1.29 is 0 Å². The second kappa shape index (κ2) is 5.24. The van der Waals surface area contributed by atoms with Gasteiger partial charge in [-0.1, -0.05) is 44.2 Å². The minimum absolute atomic E-state index is 0.583. The van der Waals surface area contributed by atoms with Gasteiger partial charge in [-0.3, -0.25) is 4.40 Å². The number of aromatic nitrogens is 2. The third-order valence-corrected chi connectivity index (χ3v) is 4.17. The lowest BCUT2D eigenvalue weighted by molar-refractivity contribution is 0.734. The summed E-state index contributed by atoms with van der Waals surface area (Å²) in [5.74, 6) is 1.28. The Bertz CT molecular complexity index is 769. The zero-order valence-corrected chi connectivity index (χ0v) is 12.8. The second-order valence-corrected chi connectivity index (χ2v) is 5.71. The van der Waals surface area contributed by atoms with Gasteiger partial charge in [-0.2, -0.15) is 0 Å². The summed E-state index contributed by atoms with van der Waals surface area (Å²) in [6, 6.07) is 12.6. The standard InChI is InChI=1S/C18H21N3/c1-4-13(3)14-6-8-15(9-7-14)17-18(19)21-11-12(2)5-10-16(21)20-17/h5-11,13H,4,19H2,1-3H3. The Morgan fingerprint density at radius 2 is 1.86 bits per heavy atom. The largest absolute Gasteiger partial charge is 0.383 e. The first-order valence-corrected chi connectivity index (χ1v) is 7.44. The molecule has 2 heterocycles. The molecule has 1 aromatic carbocycles. The number of fused-ring (bicyclic) bond motifs is 1. The van der Waals surface area contributed by atoms with Crippen LogP contribution in [0.2, 0.25) is 0 Å². The number of nitrogens with zero attached hydrogens (tertiary/aromatic N) is 2. The zero-order valence-electron chi connectivity index (χ0n) is 12.8. The van der Waals surface area contributed by atoms with Crippen molar-refractivity contribution in [2.45, 2.75) is 33.1 Å². The molecule has 0 radical (unpaired) electrons. The first kappa shape index (κ1) is 13.7. The maximum Gasteiger partial charge on any atom is 0.139 e. The van der Waals surface area contributed by atoms with Gasteiger partial charge in [0.25, 0.3) is 0 Å². The van der Waals surface area contributed by atoms with Crippen LogP contribution in [0.15, 0.2) is 42.6 Å². The predicted molar refractivity (Wildman–Crippen MR) is 88.5 cm³/mol. The molecule has 0 aliphatic carbocycles. The van der Waals surface area contributed by atoms with Gasteiger partial charge in [0.15, 0.2) is 0 Å². The van der Waals surface area contributed by atoms with Crippen molar-refractivity contribution in [3.63, 3.8) is 0 Å². The number of nitrogens with two attached hydrogens (primary N) is 1. The molecule has 0 spiro atoms. The van der Waals surface area contributed by atoms with E-state index in [-0.39, 0.29) is 0 Å². The number of nitrogen functional groups attached to an aromatic ring is 1. The van der Waals surface area contributed by atoms with Crippen LogP contribution in [-0.2, 0) is 0 Å².